The van der Waals surface area contributed by atoms with E-state index in [0.717, 1.165) is 23.5 Å². The Morgan fingerprint density at radius 3 is 2.81 bits per heavy atom. The summed E-state index contributed by atoms with van der Waals surface area (Å²) in [4.78, 5) is 19.4. The summed E-state index contributed by atoms with van der Waals surface area (Å²) in [5.74, 6) is 0.484. The van der Waals surface area contributed by atoms with Gasteiger partial charge in [0.2, 0.25) is 5.88 Å². The molecule has 1 atom stereocenters. The zero-order valence-corrected chi connectivity index (χ0v) is 15.8. The maximum absolute atomic E-state index is 13.0. The molecule has 27 heavy (non-hydrogen) atoms. The molecule has 1 aliphatic heterocycles. The quantitative estimate of drug-likeness (QED) is 0.873. The van der Waals surface area contributed by atoms with Crippen LogP contribution in [0.4, 0.5) is 10.2 Å². The van der Waals surface area contributed by atoms with Crippen molar-refractivity contribution >= 4 is 11.7 Å². The molecule has 0 bridgehead atoms. The number of pyridine rings is 1. The Labute approximate surface area is 158 Å². The first-order chi connectivity index (χ1) is 13.0. The van der Waals surface area contributed by atoms with Crippen LogP contribution in [0.5, 0.6) is 5.88 Å². The third-order valence-corrected chi connectivity index (χ3v) is 4.62. The predicted octanol–water partition coefficient (Wildman–Crippen LogP) is 2.69. The van der Waals surface area contributed by atoms with Gasteiger partial charge in [-0.15, -0.1) is 0 Å². The SMILES string of the molecule is COc1nc(N2CCOC[C@H]2C)cc(C)c1C(=O)NCc1ccc(F)cc1. The van der Waals surface area contributed by atoms with Crippen LogP contribution in [0, 0.1) is 12.7 Å². The van der Waals surface area contributed by atoms with Crippen molar-refractivity contribution in [1.29, 1.82) is 0 Å². The monoisotopic (exact) mass is 373 g/mol. The molecule has 2 heterocycles. The smallest absolute Gasteiger partial charge is 0.257 e. The molecule has 0 radical (unpaired) electrons. The lowest BCUT2D eigenvalue weighted by Crippen LogP contribution is -2.44. The summed E-state index contributed by atoms with van der Waals surface area (Å²) in [6.07, 6.45) is 0. The summed E-state index contributed by atoms with van der Waals surface area (Å²) in [7, 11) is 1.51. The minimum Gasteiger partial charge on any atom is -0.480 e. The molecule has 1 N–H and O–H groups in total. The number of hydrogen-bond donors (Lipinski definition) is 1. The number of rotatable bonds is 5. The normalized spacial score (nSPS) is 16.9. The van der Waals surface area contributed by atoms with Crippen LogP contribution in [0.15, 0.2) is 30.3 Å². The van der Waals surface area contributed by atoms with E-state index in [-0.39, 0.29) is 17.8 Å². The standard InChI is InChI=1S/C20H24FN3O3/c1-13-10-17(24-8-9-27-12-14(24)2)23-20(26-3)18(13)19(25)22-11-15-4-6-16(21)7-5-15/h4-7,10,14H,8-9,11-12H2,1-3H3,(H,22,25)/t14-/m1/s1. The molecule has 1 aromatic carbocycles. The third-order valence-electron chi connectivity index (χ3n) is 4.62. The number of carbonyl (C=O) groups is 1. The fourth-order valence-corrected chi connectivity index (χ4v) is 3.14. The van der Waals surface area contributed by atoms with Crippen molar-refractivity contribution in [1.82, 2.24) is 10.3 Å². The van der Waals surface area contributed by atoms with Crippen LogP contribution in [-0.2, 0) is 11.3 Å². The van der Waals surface area contributed by atoms with E-state index in [1.807, 2.05) is 13.0 Å². The molecule has 1 aromatic heterocycles. The lowest BCUT2D eigenvalue weighted by molar-refractivity contribution is 0.0945. The first-order valence-corrected chi connectivity index (χ1v) is 8.92. The Kier molecular flexibility index (Phi) is 5.91. The number of nitrogens with one attached hydrogen (secondary N) is 1. The van der Waals surface area contributed by atoms with Gasteiger partial charge >= 0.3 is 0 Å². The van der Waals surface area contributed by atoms with Gasteiger partial charge in [0.25, 0.3) is 5.91 Å². The van der Waals surface area contributed by atoms with Gasteiger partial charge in [-0.25, -0.2) is 4.39 Å². The molecule has 3 rings (SSSR count). The molecule has 6 nitrogen and oxygen atoms in total. The van der Waals surface area contributed by atoms with E-state index in [0.29, 0.717) is 31.2 Å². The molecule has 144 valence electrons. The van der Waals surface area contributed by atoms with E-state index in [1.165, 1.54) is 19.2 Å². The number of aromatic nitrogens is 1. The fourth-order valence-electron chi connectivity index (χ4n) is 3.14. The molecule has 2 aromatic rings. The summed E-state index contributed by atoms with van der Waals surface area (Å²) < 4.78 is 23.9. The highest BCUT2D eigenvalue weighted by atomic mass is 19.1. The van der Waals surface area contributed by atoms with E-state index in [9.17, 15) is 9.18 Å². The van der Waals surface area contributed by atoms with E-state index < -0.39 is 0 Å². The highest BCUT2D eigenvalue weighted by Crippen LogP contribution is 2.27. The van der Waals surface area contributed by atoms with Gasteiger partial charge in [-0.05, 0) is 43.2 Å². The number of benzene rings is 1. The van der Waals surface area contributed by atoms with E-state index in [2.05, 4.69) is 22.1 Å². The molecule has 1 aliphatic rings. The number of halogens is 1. The van der Waals surface area contributed by atoms with Gasteiger partial charge in [0, 0.05) is 13.1 Å². The fraction of sp³-hybridized carbons (Fsp3) is 0.400. The maximum atomic E-state index is 13.0. The van der Waals surface area contributed by atoms with E-state index in [1.54, 1.807) is 12.1 Å². The summed E-state index contributed by atoms with van der Waals surface area (Å²) >= 11 is 0. The van der Waals surface area contributed by atoms with Crippen LogP contribution in [0.3, 0.4) is 0 Å². The summed E-state index contributed by atoms with van der Waals surface area (Å²) in [6, 6.07) is 8.12. The van der Waals surface area contributed by atoms with Gasteiger partial charge in [-0.1, -0.05) is 12.1 Å². The van der Waals surface area contributed by atoms with Crippen LogP contribution >= 0.6 is 0 Å². The van der Waals surface area contributed by atoms with Crippen LogP contribution in [0.25, 0.3) is 0 Å². The minimum atomic E-state index is -0.306. The second-order valence-corrected chi connectivity index (χ2v) is 6.61. The number of aryl methyl sites for hydroxylation is 1. The summed E-state index contributed by atoms with van der Waals surface area (Å²) in [5.41, 5.74) is 2.00. The maximum Gasteiger partial charge on any atom is 0.257 e. The number of morpholine rings is 1. The minimum absolute atomic E-state index is 0.202. The first-order valence-electron chi connectivity index (χ1n) is 8.92. The number of anilines is 1. The van der Waals surface area contributed by atoms with Crippen molar-refractivity contribution in [2.75, 3.05) is 31.8 Å². The third kappa shape index (κ3) is 4.36. The average Bonchev–Trinajstić information content (AvgIpc) is 2.67. The molecule has 0 spiro atoms. The number of hydrogen-bond acceptors (Lipinski definition) is 5. The number of amides is 1. The summed E-state index contributed by atoms with van der Waals surface area (Å²) in [5, 5.41) is 2.84. The molecule has 0 saturated carbocycles. The van der Waals surface area contributed by atoms with E-state index in [4.69, 9.17) is 9.47 Å². The average molecular weight is 373 g/mol. The van der Waals surface area contributed by atoms with Crippen LogP contribution in [0.1, 0.15) is 28.4 Å². The topological polar surface area (TPSA) is 63.7 Å². The Bertz CT molecular complexity index is 811. The van der Waals surface area contributed by atoms with Gasteiger partial charge in [0.05, 0.1) is 26.4 Å². The van der Waals surface area contributed by atoms with Gasteiger partial charge in [0.1, 0.15) is 17.2 Å². The van der Waals surface area contributed by atoms with Crippen LogP contribution in [-0.4, -0.2) is 43.8 Å². The van der Waals surface area contributed by atoms with Crippen LogP contribution < -0.4 is 15.0 Å². The summed E-state index contributed by atoms with van der Waals surface area (Å²) in [6.45, 7) is 6.27. The second kappa shape index (κ2) is 8.35. The lowest BCUT2D eigenvalue weighted by Gasteiger charge is -2.34. The second-order valence-electron chi connectivity index (χ2n) is 6.61. The molecular weight excluding hydrogens is 349 g/mol. The van der Waals surface area contributed by atoms with Crippen molar-refractivity contribution in [2.24, 2.45) is 0 Å². The Morgan fingerprint density at radius 1 is 1.41 bits per heavy atom. The van der Waals surface area contributed by atoms with Gasteiger partial charge < -0.3 is 19.7 Å². The van der Waals surface area contributed by atoms with Crippen LogP contribution in [0.2, 0.25) is 0 Å². The molecule has 0 aliphatic carbocycles. The van der Waals surface area contributed by atoms with E-state index >= 15 is 0 Å². The molecule has 1 fully saturated rings. The Balaban J connectivity index is 1.79. The van der Waals surface area contributed by atoms with Gasteiger partial charge in [-0.2, -0.15) is 4.98 Å². The molecule has 1 amide bonds. The Hall–Kier alpha value is -2.67. The van der Waals surface area contributed by atoms with Crippen molar-refractivity contribution in [3.8, 4) is 5.88 Å². The van der Waals surface area contributed by atoms with Gasteiger partial charge in [0.15, 0.2) is 0 Å². The lowest BCUT2D eigenvalue weighted by atomic mass is 10.1. The number of carbonyl (C=O) groups excluding carboxylic acids is 1. The zero-order chi connectivity index (χ0) is 19.4. The number of methoxy groups -OCH3 is 1. The molecule has 7 heteroatoms. The largest absolute Gasteiger partial charge is 0.480 e. The first kappa shape index (κ1) is 19.1. The van der Waals surface area contributed by atoms with Gasteiger partial charge in [-0.3, -0.25) is 4.79 Å². The van der Waals surface area contributed by atoms with Crippen molar-refractivity contribution in [3.63, 3.8) is 0 Å². The highest BCUT2D eigenvalue weighted by molar-refractivity contribution is 5.98. The number of nitrogens with zero attached hydrogens (tertiary/aromatic N) is 2. The van der Waals surface area contributed by atoms with Crippen molar-refractivity contribution in [2.45, 2.75) is 26.4 Å². The number of ether oxygens (including phenoxy) is 2. The molecule has 1 saturated heterocycles. The highest BCUT2D eigenvalue weighted by Gasteiger charge is 2.24. The Morgan fingerprint density at radius 2 is 2.15 bits per heavy atom. The molecule has 0 unspecified atom stereocenters. The van der Waals surface area contributed by atoms with Crippen molar-refractivity contribution < 1.29 is 18.7 Å². The molecular formula is C20H24FN3O3. The predicted molar refractivity (Wildman–Crippen MR) is 101 cm³/mol. The van der Waals surface area contributed by atoms with Crippen molar-refractivity contribution in [3.05, 3.63) is 52.8 Å². The zero-order valence-electron chi connectivity index (χ0n) is 15.8.